The third kappa shape index (κ3) is 11.1. The zero-order valence-electron chi connectivity index (χ0n) is 18.0. The van der Waals surface area contributed by atoms with E-state index in [0.717, 1.165) is 6.42 Å². The number of hydrogen-bond acceptors (Lipinski definition) is 6. The average Bonchev–Trinajstić information content (AvgIpc) is 2.66. The van der Waals surface area contributed by atoms with Gasteiger partial charge in [-0.15, -0.1) is 0 Å². The summed E-state index contributed by atoms with van der Waals surface area (Å²) in [7, 11) is 0. The lowest BCUT2D eigenvalue weighted by molar-refractivity contribution is -0.142. The Hall–Kier alpha value is -1.81. The molecule has 0 aliphatic carbocycles. The van der Waals surface area contributed by atoms with E-state index in [1.807, 2.05) is 34.0 Å². The van der Waals surface area contributed by atoms with E-state index in [-0.39, 0.29) is 24.8 Å². The highest BCUT2D eigenvalue weighted by molar-refractivity contribution is 7.98. The van der Waals surface area contributed by atoms with Crippen molar-refractivity contribution in [2.24, 2.45) is 17.6 Å². The molecule has 0 aliphatic heterocycles. The Morgan fingerprint density at radius 3 is 2.14 bits per heavy atom. The van der Waals surface area contributed by atoms with Gasteiger partial charge in [0.15, 0.2) is 0 Å². The number of hydrogen-bond donors (Lipinski definition) is 5. The minimum absolute atomic E-state index is 0.0215. The van der Waals surface area contributed by atoms with Gasteiger partial charge in [0.05, 0.1) is 12.6 Å². The van der Waals surface area contributed by atoms with Gasteiger partial charge >= 0.3 is 5.97 Å². The number of thioether (sulfide) groups is 1. The molecule has 0 saturated heterocycles. The van der Waals surface area contributed by atoms with Gasteiger partial charge in [-0.2, -0.15) is 11.8 Å². The first kappa shape index (κ1) is 27.2. The number of carbonyl (C=O) groups excluding carboxylic acids is 3. The van der Waals surface area contributed by atoms with E-state index in [2.05, 4.69) is 16.0 Å². The molecule has 3 amide bonds. The summed E-state index contributed by atoms with van der Waals surface area (Å²) >= 11 is 1.48. The highest BCUT2D eigenvalue weighted by Gasteiger charge is 2.27. The number of rotatable bonds is 14. The summed E-state index contributed by atoms with van der Waals surface area (Å²) in [5, 5.41) is 16.8. The van der Waals surface area contributed by atoms with Crippen LogP contribution >= 0.6 is 11.8 Å². The number of amides is 3. The molecule has 0 heterocycles. The third-order valence-electron chi connectivity index (χ3n) is 4.57. The predicted molar refractivity (Wildman–Crippen MR) is 114 cm³/mol. The summed E-state index contributed by atoms with van der Waals surface area (Å²) in [5.74, 6) is -1.98. The van der Waals surface area contributed by atoms with E-state index in [1.165, 1.54) is 11.8 Å². The van der Waals surface area contributed by atoms with Crippen molar-refractivity contribution in [2.45, 2.75) is 65.1 Å². The van der Waals surface area contributed by atoms with Crippen LogP contribution < -0.4 is 21.7 Å². The first-order valence-electron chi connectivity index (χ1n) is 9.88. The number of carbonyl (C=O) groups is 4. The maximum Gasteiger partial charge on any atom is 0.326 e. The fourth-order valence-electron chi connectivity index (χ4n) is 2.51. The lowest BCUT2D eigenvalue weighted by Gasteiger charge is -2.23. The molecule has 29 heavy (non-hydrogen) atoms. The molecule has 0 spiro atoms. The van der Waals surface area contributed by atoms with Crippen LogP contribution in [0.5, 0.6) is 0 Å². The Morgan fingerprint density at radius 2 is 1.66 bits per heavy atom. The van der Waals surface area contributed by atoms with Gasteiger partial charge in [0.1, 0.15) is 12.1 Å². The van der Waals surface area contributed by atoms with Gasteiger partial charge < -0.3 is 26.8 Å². The molecule has 0 aromatic carbocycles. The lowest BCUT2D eigenvalue weighted by atomic mass is 9.99. The Balaban J connectivity index is 4.88. The van der Waals surface area contributed by atoms with Crippen LogP contribution in [0.4, 0.5) is 0 Å². The first-order chi connectivity index (χ1) is 13.5. The summed E-state index contributed by atoms with van der Waals surface area (Å²) in [6, 6.07) is -2.62. The van der Waals surface area contributed by atoms with Crippen LogP contribution in [0.15, 0.2) is 0 Å². The summed E-state index contributed by atoms with van der Waals surface area (Å²) in [4.78, 5) is 48.2. The van der Waals surface area contributed by atoms with E-state index >= 15 is 0 Å². The molecule has 0 aliphatic rings. The molecule has 0 radical (unpaired) electrons. The van der Waals surface area contributed by atoms with Gasteiger partial charge in [-0.3, -0.25) is 14.4 Å². The summed E-state index contributed by atoms with van der Waals surface area (Å²) in [6.45, 7) is 7.25. The molecule has 3 unspecified atom stereocenters. The normalized spacial score (nSPS) is 15.1. The molecule has 6 N–H and O–H groups in total. The minimum atomic E-state index is -1.12. The van der Waals surface area contributed by atoms with Gasteiger partial charge in [0.2, 0.25) is 17.7 Å². The van der Waals surface area contributed by atoms with E-state index in [1.54, 1.807) is 0 Å². The van der Waals surface area contributed by atoms with Crippen molar-refractivity contribution in [2.75, 3.05) is 18.6 Å². The minimum Gasteiger partial charge on any atom is -0.480 e. The quantitative estimate of drug-likeness (QED) is 0.265. The number of nitrogens with two attached hydrogens (primary N) is 1. The second-order valence-electron chi connectivity index (χ2n) is 7.56. The summed E-state index contributed by atoms with van der Waals surface area (Å²) < 4.78 is 0. The van der Waals surface area contributed by atoms with E-state index in [0.29, 0.717) is 12.2 Å². The molecule has 0 aromatic heterocycles. The van der Waals surface area contributed by atoms with Crippen LogP contribution in [-0.2, 0) is 19.2 Å². The maximum absolute atomic E-state index is 12.6. The molecule has 4 atom stereocenters. The SMILES string of the molecule is CCC(C)[C@H](N)C(=O)NCC(=O)NC(CC(C)C)C(=O)NC(CCSC)C(=O)O. The molecular formula is C19H36N4O5S. The second-order valence-corrected chi connectivity index (χ2v) is 8.55. The average molecular weight is 433 g/mol. The molecule has 0 bridgehead atoms. The highest BCUT2D eigenvalue weighted by atomic mass is 32.2. The molecule has 168 valence electrons. The van der Waals surface area contributed by atoms with Crippen molar-refractivity contribution in [1.29, 1.82) is 0 Å². The van der Waals surface area contributed by atoms with Gasteiger partial charge in [0, 0.05) is 0 Å². The molecule has 0 fully saturated rings. The van der Waals surface area contributed by atoms with Crippen molar-refractivity contribution < 1.29 is 24.3 Å². The Bertz CT molecular complexity index is 559. The lowest BCUT2D eigenvalue weighted by Crippen LogP contribution is -2.54. The maximum atomic E-state index is 12.6. The van der Waals surface area contributed by atoms with Gasteiger partial charge in [-0.1, -0.05) is 34.1 Å². The summed E-state index contributed by atoms with van der Waals surface area (Å²) in [6.07, 6.45) is 3.21. The zero-order chi connectivity index (χ0) is 22.6. The van der Waals surface area contributed by atoms with Gasteiger partial charge in [0.25, 0.3) is 0 Å². The fourth-order valence-corrected chi connectivity index (χ4v) is 2.98. The van der Waals surface area contributed by atoms with Crippen LogP contribution in [0, 0.1) is 11.8 Å². The van der Waals surface area contributed by atoms with Crippen molar-refractivity contribution >= 4 is 35.5 Å². The van der Waals surface area contributed by atoms with Crippen LogP contribution in [0.1, 0.15) is 47.0 Å². The van der Waals surface area contributed by atoms with E-state index in [4.69, 9.17) is 5.73 Å². The topological polar surface area (TPSA) is 151 Å². The van der Waals surface area contributed by atoms with Crippen LogP contribution in [0.3, 0.4) is 0 Å². The van der Waals surface area contributed by atoms with E-state index < -0.39 is 41.8 Å². The zero-order valence-corrected chi connectivity index (χ0v) is 18.8. The van der Waals surface area contributed by atoms with E-state index in [9.17, 15) is 24.3 Å². The largest absolute Gasteiger partial charge is 0.480 e. The van der Waals surface area contributed by atoms with Crippen LogP contribution in [0.2, 0.25) is 0 Å². The van der Waals surface area contributed by atoms with Crippen molar-refractivity contribution in [3.05, 3.63) is 0 Å². The molecule has 0 rings (SSSR count). The first-order valence-corrected chi connectivity index (χ1v) is 11.3. The van der Waals surface area contributed by atoms with Crippen LogP contribution in [0.25, 0.3) is 0 Å². The van der Waals surface area contributed by atoms with Crippen molar-refractivity contribution in [1.82, 2.24) is 16.0 Å². The number of nitrogens with one attached hydrogen (secondary N) is 3. The molecule has 9 nitrogen and oxygen atoms in total. The Kier molecular flexibility index (Phi) is 13.3. The molecule has 0 aromatic rings. The molecule has 10 heteroatoms. The van der Waals surface area contributed by atoms with Crippen LogP contribution in [-0.4, -0.2) is 65.5 Å². The Labute approximate surface area is 177 Å². The third-order valence-corrected chi connectivity index (χ3v) is 5.21. The van der Waals surface area contributed by atoms with Gasteiger partial charge in [-0.25, -0.2) is 4.79 Å². The smallest absolute Gasteiger partial charge is 0.326 e. The van der Waals surface area contributed by atoms with Crippen molar-refractivity contribution in [3.63, 3.8) is 0 Å². The van der Waals surface area contributed by atoms with Gasteiger partial charge in [-0.05, 0) is 36.7 Å². The number of carboxylic acid groups (broad SMARTS) is 1. The summed E-state index contributed by atoms with van der Waals surface area (Å²) in [5.41, 5.74) is 5.83. The monoisotopic (exact) mass is 432 g/mol. The number of carboxylic acids is 1. The fraction of sp³-hybridized carbons (Fsp3) is 0.789. The molecule has 0 saturated carbocycles. The predicted octanol–water partition coefficient (Wildman–Crippen LogP) is 0.329. The standard InChI is InChI=1S/C19H36N4O5S/c1-6-12(4)16(20)18(26)21-10-15(24)22-14(9-11(2)3)17(25)23-13(19(27)28)7-8-29-5/h11-14,16H,6-10,20H2,1-5H3,(H,21,26)(H,22,24)(H,23,25)(H,27,28)/t12?,13?,14?,16-/m0/s1. The highest BCUT2D eigenvalue weighted by Crippen LogP contribution is 2.08. The molecular weight excluding hydrogens is 396 g/mol. The van der Waals surface area contributed by atoms with Crippen molar-refractivity contribution in [3.8, 4) is 0 Å². The second kappa shape index (κ2) is 14.2. The number of aliphatic carboxylic acids is 1. The Morgan fingerprint density at radius 1 is 1.03 bits per heavy atom.